The molecule has 2 aromatic rings. The van der Waals surface area contributed by atoms with Crippen molar-refractivity contribution in [2.24, 2.45) is 0 Å². The van der Waals surface area contributed by atoms with Crippen LogP contribution in [0.3, 0.4) is 0 Å². The van der Waals surface area contributed by atoms with Crippen LogP contribution in [0.25, 0.3) is 0 Å². The number of phenolic OH excluding ortho intramolecular Hbond substituents is 1. The lowest BCUT2D eigenvalue weighted by atomic mass is 10.2. The molecule has 0 aliphatic rings. The molecular weight excluding hydrogens is 396 g/mol. The van der Waals surface area contributed by atoms with Crippen molar-refractivity contribution in [3.8, 4) is 5.75 Å². The number of hydrogen-bond acceptors (Lipinski definition) is 7. The minimum Gasteiger partial charge on any atom is -0.508 e. The fourth-order valence-corrected chi connectivity index (χ4v) is 2.96. The second kappa shape index (κ2) is 11.1. The fraction of sp³-hybridized carbons (Fsp3) is 0.368. The van der Waals surface area contributed by atoms with E-state index in [0.29, 0.717) is 36.7 Å². The maximum absolute atomic E-state index is 12.0. The van der Waals surface area contributed by atoms with Gasteiger partial charge in [-0.2, -0.15) is 0 Å². The van der Waals surface area contributed by atoms with Gasteiger partial charge in [-0.25, -0.2) is 0 Å². The van der Waals surface area contributed by atoms with E-state index in [9.17, 15) is 19.5 Å². The van der Waals surface area contributed by atoms with Crippen LogP contribution >= 0.6 is 11.8 Å². The number of carbonyl (C=O) groups excluding carboxylic acids is 3. The van der Waals surface area contributed by atoms with Gasteiger partial charge in [0.15, 0.2) is 5.82 Å². The number of aromatic nitrogens is 1. The Kier molecular flexibility index (Phi) is 8.53. The van der Waals surface area contributed by atoms with Crippen molar-refractivity contribution in [2.75, 3.05) is 24.2 Å². The van der Waals surface area contributed by atoms with E-state index >= 15 is 0 Å². The summed E-state index contributed by atoms with van der Waals surface area (Å²) in [6, 6.07) is 7.69. The average molecular weight is 420 g/mol. The number of amides is 3. The van der Waals surface area contributed by atoms with E-state index in [1.165, 1.54) is 23.9 Å². The summed E-state index contributed by atoms with van der Waals surface area (Å²) in [6.07, 6.45) is 0.558. The van der Waals surface area contributed by atoms with Gasteiger partial charge in [0.1, 0.15) is 11.5 Å². The SMILES string of the molecule is Cc1cc(NC(=O)C(C)SCC(=O)NCCCNC(=O)c2cccc(O)c2)no1. The molecule has 156 valence electrons. The molecule has 29 heavy (non-hydrogen) atoms. The van der Waals surface area contributed by atoms with Gasteiger partial charge >= 0.3 is 0 Å². The molecule has 0 aliphatic carbocycles. The second-order valence-electron chi connectivity index (χ2n) is 6.28. The Balaban J connectivity index is 1.57. The molecular formula is C19H24N4O5S. The molecule has 0 saturated carbocycles. The third-order valence-corrected chi connectivity index (χ3v) is 4.93. The number of anilines is 1. The lowest BCUT2D eigenvalue weighted by molar-refractivity contribution is -0.118. The predicted molar refractivity (Wildman–Crippen MR) is 110 cm³/mol. The Hall–Kier alpha value is -3.01. The van der Waals surface area contributed by atoms with E-state index in [0.717, 1.165) is 0 Å². The highest BCUT2D eigenvalue weighted by atomic mass is 32.2. The van der Waals surface area contributed by atoms with Crippen LogP contribution in [0.15, 0.2) is 34.9 Å². The zero-order valence-corrected chi connectivity index (χ0v) is 17.0. The van der Waals surface area contributed by atoms with Gasteiger partial charge in [0, 0.05) is 24.7 Å². The molecule has 1 aromatic carbocycles. The van der Waals surface area contributed by atoms with E-state index in [1.807, 2.05) is 0 Å². The smallest absolute Gasteiger partial charge is 0.251 e. The number of nitrogens with zero attached hydrogens (tertiary/aromatic N) is 1. The van der Waals surface area contributed by atoms with Gasteiger partial charge in [0.05, 0.1) is 11.0 Å². The number of hydrogen-bond donors (Lipinski definition) is 4. The van der Waals surface area contributed by atoms with Crippen LogP contribution < -0.4 is 16.0 Å². The Morgan fingerprint density at radius 1 is 1.21 bits per heavy atom. The van der Waals surface area contributed by atoms with Gasteiger partial charge in [0.2, 0.25) is 11.8 Å². The first kappa shape index (κ1) is 22.3. The first-order valence-corrected chi connectivity index (χ1v) is 10.1. The number of phenols is 1. The Morgan fingerprint density at radius 3 is 2.66 bits per heavy atom. The lowest BCUT2D eigenvalue weighted by Crippen LogP contribution is -2.31. The minimum atomic E-state index is -0.431. The van der Waals surface area contributed by atoms with Crippen LogP contribution in [-0.4, -0.2) is 52.1 Å². The summed E-state index contributed by atoms with van der Waals surface area (Å²) >= 11 is 1.21. The molecule has 2 rings (SSSR count). The summed E-state index contributed by atoms with van der Waals surface area (Å²) in [5, 5.41) is 20.7. The summed E-state index contributed by atoms with van der Waals surface area (Å²) in [4.78, 5) is 35.8. The van der Waals surface area contributed by atoms with E-state index in [-0.39, 0.29) is 29.2 Å². The van der Waals surface area contributed by atoms with Gasteiger partial charge in [-0.3, -0.25) is 14.4 Å². The summed E-state index contributed by atoms with van der Waals surface area (Å²) in [7, 11) is 0. The van der Waals surface area contributed by atoms with Crippen molar-refractivity contribution in [1.82, 2.24) is 15.8 Å². The highest BCUT2D eigenvalue weighted by molar-refractivity contribution is 8.01. The van der Waals surface area contributed by atoms with Gasteiger partial charge in [-0.05, 0) is 38.5 Å². The van der Waals surface area contributed by atoms with Gasteiger partial charge in [0.25, 0.3) is 5.91 Å². The third-order valence-electron chi connectivity index (χ3n) is 3.78. The van der Waals surface area contributed by atoms with Crippen LogP contribution in [0.1, 0.15) is 29.5 Å². The van der Waals surface area contributed by atoms with Crippen LogP contribution in [0.5, 0.6) is 5.75 Å². The standard InChI is InChI=1S/C19H24N4O5S/c1-12-9-16(23-28-12)22-18(26)13(2)29-11-17(25)20-7-4-8-21-19(27)14-5-3-6-15(24)10-14/h3,5-6,9-10,13,24H,4,7-8,11H2,1-2H3,(H,20,25)(H,21,27)(H,22,23,26). The molecule has 1 atom stereocenters. The Bertz CT molecular complexity index is 855. The van der Waals surface area contributed by atoms with E-state index in [2.05, 4.69) is 21.1 Å². The van der Waals surface area contributed by atoms with E-state index < -0.39 is 5.25 Å². The maximum atomic E-state index is 12.0. The molecule has 1 heterocycles. The lowest BCUT2D eigenvalue weighted by Gasteiger charge is -2.11. The van der Waals surface area contributed by atoms with Crippen LogP contribution in [0.2, 0.25) is 0 Å². The topological polar surface area (TPSA) is 134 Å². The van der Waals surface area contributed by atoms with Crippen LogP contribution in [0.4, 0.5) is 5.82 Å². The molecule has 1 unspecified atom stereocenters. The number of aromatic hydroxyl groups is 1. The summed E-state index contributed by atoms with van der Waals surface area (Å²) < 4.78 is 4.88. The van der Waals surface area contributed by atoms with Gasteiger partial charge in [-0.1, -0.05) is 11.2 Å². The molecule has 0 radical (unpaired) electrons. The summed E-state index contributed by atoms with van der Waals surface area (Å²) in [5.74, 6) is 0.376. The quantitative estimate of drug-likeness (QED) is 0.430. The Morgan fingerprint density at radius 2 is 1.97 bits per heavy atom. The van der Waals surface area contributed by atoms with E-state index in [1.54, 1.807) is 32.0 Å². The number of rotatable bonds is 10. The van der Waals surface area contributed by atoms with Crippen molar-refractivity contribution >= 4 is 35.3 Å². The number of nitrogens with one attached hydrogen (secondary N) is 3. The van der Waals surface area contributed by atoms with Crippen LogP contribution in [0, 0.1) is 6.92 Å². The third kappa shape index (κ3) is 7.86. The Labute approximate surface area is 172 Å². The molecule has 3 amide bonds. The van der Waals surface area contributed by atoms with Gasteiger partial charge in [-0.15, -0.1) is 11.8 Å². The number of aryl methyl sites for hydroxylation is 1. The zero-order chi connectivity index (χ0) is 21.2. The minimum absolute atomic E-state index is 0.0291. The number of carbonyl (C=O) groups is 3. The number of benzene rings is 1. The number of thioether (sulfide) groups is 1. The molecule has 0 aliphatic heterocycles. The van der Waals surface area contributed by atoms with Crippen molar-refractivity contribution in [1.29, 1.82) is 0 Å². The largest absolute Gasteiger partial charge is 0.508 e. The molecule has 4 N–H and O–H groups in total. The predicted octanol–water partition coefficient (Wildman–Crippen LogP) is 1.69. The van der Waals surface area contributed by atoms with Gasteiger partial charge < -0.3 is 25.6 Å². The molecule has 0 bridgehead atoms. The maximum Gasteiger partial charge on any atom is 0.251 e. The highest BCUT2D eigenvalue weighted by Gasteiger charge is 2.16. The molecule has 9 nitrogen and oxygen atoms in total. The van der Waals surface area contributed by atoms with Crippen molar-refractivity contribution in [3.63, 3.8) is 0 Å². The molecule has 10 heteroatoms. The van der Waals surface area contributed by atoms with Crippen molar-refractivity contribution in [2.45, 2.75) is 25.5 Å². The van der Waals surface area contributed by atoms with Crippen LogP contribution in [-0.2, 0) is 9.59 Å². The normalized spacial score (nSPS) is 11.5. The average Bonchev–Trinajstić information content (AvgIpc) is 3.10. The van der Waals surface area contributed by atoms with Crippen molar-refractivity contribution in [3.05, 3.63) is 41.7 Å². The zero-order valence-electron chi connectivity index (χ0n) is 16.2. The summed E-state index contributed by atoms with van der Waals surface area (Å²) in [5.41, 5.74) is 0.374. The molecule has 0 fully saturated rings. The first-order chi connectivity index (χ1) is 13.8. The summed E-state index contributed by atoms with van der Waals surface area (Å²) in [6.45, 7) is 4.22. The molecule has 0 spiro atoms. The molecule has 0 saturated heterocycles. The highest BCUT2D eigenvalue weighted by Crippen LogP contribution is 2.14. The first-order valence-electron chi connectivity index (χ1n) is 9.05. The molecule has 1 aromatic heterocycles. The monoisotopic (exact) mass is 420 g/mol. The van der Waals surface area contributed by atoms with Crippen molar-refractivity contribution < 1.29 is 24.0 Å². The second-order valence-corrected chi connectivity index (χ2v) is 7.60. The van der Waals surface area contributed by atoms with E-state index in [4.69, 9.17) is 4.52 Å². The fourth-order valence-electron chi connectivity index (χ4n) is 2.25.